The van der Waals surface area contributed by atoms with Crippen LogP contribution in [0.3, 0.4) is 0 Å². The molecular weight excluding hydrogens is 238 g/mol. The minimum atomic E-state index is -1.09. The summed E-state index contributed by atoms with van der Waals surface area (Å²) >= 11 is 5.62. The normalized spacial score (nSPS) is 11.8. The van der Waals surface area contributed by atoms with E-state index in [1.807, 2.05) is 0 Å². The fraction of sp³-hybridized carbons (Fsp3) is 0.111. The molecule has 0 bridgehead atoms. The van der Waals surface area contributed by atoms with E-state index in [0.717, 1.165) is 0 Å². The summed E-state index contributed by atoms with van der Waals surface area (Å²) in [6.07, 6.45) is 9.79. The predicted octanol–water partition coefficient (Wildman–Crippen LogP) is -0.118. The van der Waals surface area contributed by atoms with E-state index in [1.165, 1.54) is 17.3 Å². The fourth-order valence-corrected chi connectivity index (χ4v) is 1.87. The molecule has 3 heterocycles. The van der Waals surface area contributed by atoms with Gasteiger partial charge in [0.2, 0.25) is 0 Å². The predicted molar refractivity (Wildman–Crippen MR) is 60.6 cm³/mol. The van der Waals surface area contributed by atoms with Gasteiger partial charge < -0.3 is 12.6 Å². The monoisotopic (exact) mass is 246 g/mol. The third-order valence-electron chi connectivity index (χ3n) is 2.32. The lowest BCUT2D eigenvalue weighted by Crippen LogP contribution is -2.47. The number of aromatic nitrogens is 7. The maximum atomic E-state index is 5.62. The highest BCUT2D eigenvalue weighted by molar-refractivity contribution is 7.59. The molecule has 0 radical (unpaired) electrons. The number of hydrogen-bond acceptors (Lipinski definition) is 5. The lowest BCUT2D eigenvalue weighted by molar-refractivity contribution is 0.238. The quantitative estimate of drug-likeness (QED) is 0.603. The smallest absolute Gasteiger partial charge is 0.137 e. The van der Waals surface area contributed by atoms with Gasteiger partial charge in [0.1, 0.15) is 17.8 Å². The topological polar surface area (TPSA) is 66.3 Å². The molecule has 0 fully saturated rings. The second-order valence-corrected chi connectivity index (χ2v) is 3.86. The number of rotatable bonds is 3. The highest BCUT2D eigenvalue weighted by Crippen LogP contribution is 2.16. The molecule has 0 saturated carbocycles. The van der Waals surface area contributed by atoms with Crippen molar-refractivity contribution in [2.75, 3.05) is 0 Å². The van der Waals surface area contributed by atoms with Gasteiger partial charge in [-0.25, -0.2) is 19.0 Å². The van der Waals surface area contributed by atoms with Crippen molar-refractivity contribution < 1.29 is 0 Å². The van der Waals surface area contributed by atoms with E-state index in [2.05, 4.69) is 20.3 Å². The van der Waals surface area contributed by atoms with Crippen LogP contribution in [-0.4, -0.2) is 34.3 Å². The van der Waals surface area contributed by atoms with Crippen LogP contribution in [0.15, 0.2) is 49.6 Å². The molecule has 7 nitrogen and oxygen atoms in total. The molecule has 0 unspecified atom stereocenters. The Hall–Kier alpha value is -2.09. The lowest BCUT2D eigenvalue weighted by atomic mass is 10.7. The molecule has 8 heteroatoms. The Morgan fingerprint density at radius 1 is 0.882 bits per heavy atom. The van der Waals surface area contributed by atoms with Crippen molar-refractivity contribution in [1.82, 2.24) is 34.3 Å². The Balaban J connectivity index is 2.21. The summed E-state index contributed by atoms with van der Waals surface area (Å²) in [6.45, 7) is 0. The van der Waals surface area contributed by atoms with Crippen LogP contribution >= 0.6 is 0 Å². The SMILES string of the molecule is [S-]C(n1cccn1)(n1cccn1)n1cncn1. The average molecular weight is 246 g/mol. The number of hydrogen-bond donors (Lipinski definition) is 0. The zero-order valence-electron chi connectivity index (χ0n) is 8.66. The summed E-state index contributed by atoms with van der Waals surface area (Å²) in [6, 6.07) is 3.59. The van der Waals surface area contributed by atoms with Gasteiger partial charge in [0.15, 0.2) is 0 Å². The molecule has 86 valence electrons. The Kier molecular flexibility index (Phi) is 2.22. The van der Waals surface area contributed by atoms with Crippen LogP contribution in [0.2, 0.25) is 0 Å². The Bertz CT molecular complexity index is 485. The van der Waals surface area contributed by atoms with E-state index in [-0.39, 0.29) is 0 Å². The van der Waals surface area contributed by atoms with Crippen LogP contribution in [0.4, 0.5) is 0 Å². The molecule has 3 rings (SSSR count). The first-order valence-electron chi connectivity index (χ1n) is 4.87. The van der Waals surface area contributed by atoms with E-state index >= 15 is 0 Å². The minimum Gasteiger partial charge on any atom is -0.713 e. The summed E-state index contributed by atoms with van der Waals surface area (Å²) in [5.74, 6) is 0. The summed E-state index contributed by atoms with van der Waals surface area (Å²) in [5.41, 5.74) is 0. The van der Waals surface area contributed by atoms with Crippen LogP contribution in [0.5, 0.6) is 0 Å². The summed E-state index contributed by atoms with van der Waals surface area (Å²) in [7, 11) is 0. The first-order valence-corrected chi connectivity index (χ1v) is 5.28. The molecule has 17 heavy (non-hydrogen) atoms. The fourth-order valence-electron chi connectivity index (χ4n) is 1.56. The van der Waals surface area contributed by atoms with E-state index in [9.17, 15) is 0 Å². The maximum Gasteiger partial charge on any atom is 0.137 e. The van der Waals surface area contributed by atoms with Gasteiger partial charge in [0.05, 0.1) is 0 Å². The standard InChI is InChI=1S/C9H9N7S/c17-9(14-5-1-3-11-14,15-6-2-4-12-15)16-8-10-7-13-16/h1-8,17H/p-1. The third-order valence-corrected chi connectivity index (χ3v) is 2.88. The molecule has 0 N–H and O–H groups in total. The molecule has 0 amide bonds. The molecule has 3 aromatic heterocycles. The van der Waals surface area contributed by atoms with Crippen LogP contribution in [0.25, 0.3) is 0 Å². The Morgan fingerprint density at radius 2 is 1.53 bits per heavy atom. The Labute approximate surface area is 102 Å². The molecule has 0 aliphatic heterocycles. The molecule has 0 saturated heterocycles. The van der Waals surface area contributed by atoms with Crippen molar-refractivity contribution >= 4 is 12.6 Å². The van der Waals surface area contributed by atoms with Crippen molar-refractivity contribution in [3.8, 4) is 0 Å². The second kappa shape index (κ2) is 3.74. The van der Waals surface area contributed by atoms with Gasteiger partial charge in [-0.3, -0.25) is 0 Å². The van der Waals surface area contributed by atoms with E-state index in [1.54, 1.807) is 46.3 Å². The van der Waals surface area contributed by atoms with Gasteiger partial charge in [-0.15, -0.1) is 0 Å². The molecule has 0 aromatic carbocycles. The maximum absolute atomic E-state index is 5.62. The minimum absolute atomic E-state index is 1.09. The van der Waals surface area contributed by atoms with E-state index < -0.39 is 5.12 Å². The first-order chi connectivity index (χ1) is 8.32. The van der Waals surface area contributed by atoms with Crippen LogP contribution in [-0.2, 0) is 17.7 Å². The third kappa shape index (κ3) is 1.45. The lowest BCUT2D eigenvalue weighted by Gasteiger charge is -2.40. The highest BCUT2D eigenvalue weighted by atomic mass is 32.1. The molecule has 3 aromatic rings. The summed E-state index contributed by atoms with van der Waals surface area (Å²) in [4.78, 5) is 3.91. The van der Waals surface area contributed by atoms with Crippen molar-refractivity contribution in [3.05, 3.63) is 49.6 Å². The zero-order chi connectivity index (χ0) is 11.7. The van der Waals surface area contributed by atoms with Gasteiger partial charge >= 0.3 is 0 Å². The van der Waals surface area contributed by atoms with Gasteiger partial charge in [-0.2, -0.15) is 15.3 Å². The van der Waals surface area contributed by atoms with E-state index in [4.69, 9.17) is 12.6 Å². The molecule has 0 spiro atoms. The first kappa shape index (κ1) is 10.1. The molecular formula is C9H8N7S-. The van der Waals surface area contributed by atoms with Crippen LogP contribution in [0.1, 0.15) is 0 Å². The van der Waals surface area contributed by atoms with Gasteiger partial charge in [0.25, 0.3) is 0 Å². The second-order valence-electron chi connectivity index (χ2n) is 3.32. The number of nitrogens with zero attached hydrogens (tertiary/aromatic N) is 7. The Morgan fingerprint density at radius 3 is 1.94 bits per heavy atom. The van der Waals surface area contributed by atoms with Gasteiger partial charge in [-0.05, 0) is 12.1 Å². The van der Waals surface area contributed by atoms with Gasteiger partial charge in [-0.1, -0.05) is 0 Å². The molecule has 0 atom stereocenters. The van der Waals surface area contributed by atoms with Crippen molar-refractivity contribution in [2.45, 2.75) is 5.12 Å². The van der Waals surface area contributed by atoms with Crippen molar-refractivity contribution in [3.63, 3.8) is 0 Å². The van der Waals surface area contributed by atoms with Crippen molar-refractivity contribution in [2.24, 2.45) is 0 Å². The van der Waals surface area contributed by atoms with Gasteiger partial charge in [0, 0.05) is 24.8 Å². The zero-order valence-corrected chi connectivity index (χ0v) is 9.47. The van der Waals surface area contributed by atoms with Crippen LogP contribution < -0.4 is 0 Å². The summed E-state index contributed by atoms with van der Waals surface area (Å²) < 4.78 is 4.69. The highest BCUT2D eigenvalue weighted by Gasteiger charge is 2.23. The van der Waals surface area contributed by atoms with Crippen LogP contribution in [0, 0.1) is 0 Å². The summed E-state index contributed by atoms with van der Waals surface area (Å²) in [5, 5.41) is 11.3. The average Bonchev–Trinajstić information content (AvgIpc) is 3.10. The molecule has 0 aliphatic rings. The largest absolute Gasteiger partial charge is 0.713 e. The molecule has 0 aliphatic carbocycles. The van der Waals surface area contributed by atoms with Crippen molar-refractivity contribution in [1.29, 1.82) is 0 Å². The van der Waals surface area contributed by atoms with E-state index in [0.29, 0.717) is 0 Å².